The lowest BCUT2D eigenvalue weighted by Gasteiger charge is -2.17. The molecule has 6 rings (SSSR count). The number of hydrogen-bond acceptors (Lipinski definition) is 2. The molecule has 0 amide bonds. The molecule has 0 fully saturated rings. The minimum absolute atomic E-state index is 0.117. The summed E-state index contributed by atoms with van der Waals surface area (Å²) in [5.74, 6) is 0. The fraction of sp³-hybridized carbons (Fsp3) is 0.200. The summed E-state index contributed by atoms with van der Waals surface area (Å²) in [5.41, 5.74) is 15.0. The summed E-state index contributed by atoms with van der Waals surface area (Å²) in [5, 5.41) is 4.97. The Morgan fingerprint density at radius 2 is 1.74 bits per heavy atom. The Labute approximate surface area is 199 Å². The van der Waals surface area contributed by atoms with Crippen LogP contribution >= 0.6 is 0 Å². The van der Waals surface area contributed by atoms with Crippen LogP contribution in [0.5, 0.6) is 0 Å². The molecule has 0 atom stereocenters. The molecule has 34 heavy (non-hydrogen) atoms. The molecule has 4 nitrogen and oxygen atoms in total. The number of pyridine rings is 1. The van der Waals surface area contributed by atoms with Gasteiger partial charge in [-0.25, -0.2) is 0 Å². The molecular formula is C30H29N4+. The van der Waals surface area contributed by atoms with Gasteiger partial charge in [-0.15, -0.1) is 0 Å². The minimum atomic E-state index is -0.117. The van der Waals surface area contributed by atoms with Gasteiger partial charge in [0.1, 0.15) is 7.05 Å². The first-order chi connectivity index (χ1) is 16.3. The average molecular weight is 446 g/mol. The van der Waals surface area contributed by atoms with Gasteiger partial charge in [-0.1, -0.05) is 24.3 Å². The number of aromatic nitrogens is 2. The molecule has 1 aliphatic heterocycles. The van der Waals surface area contributed by atoms with Crippen LogP contribution in [0.25, 0.3) is 38.7 Å². The number of nitrogens with two attached hydrogens (primary N) is 1. The standard InChI is InChI=1S/C30H29N4/c1-18-29-24(23-16-20(31)11-14-25(23)34(29)5)17-21(32-18)12-15-27-30(2,3)28-22-9-7-6-8-19(22)10-13-26(28)33(27)4/h6-17H,31H2,1-5H3/q+1. The van der Waals surface area contributed by atoms with Gasteiger partial charge >= 0.3 is 0 Å². The number of allylic oxidation sites excluding steroid dienone is 1. The summed E-state index contributed by atoms with van der Waals surface area (Å²) in [6.07, 6.45) is 4.39. The molecule has 0 unspecified atom stereocenters. The lowest BCUT2D eigenvalue weighted by atomic mass is 9.79. The molecular weight excluding hydrogens is 416 g/mol. The minimum Gasteiger partial charge on any atom is -0.399 e. The molecule has 0 bridgehead atoms. The Bertz CT molecular complexity index is 1710. The highest BCUT2D eigenvalue weighted by atomic mass is 15.0. The maximum Gasteiger partial charge on any atom is 0.210 e. The zero-order chi connectivity index (χ0) is 23.8. The largest absolute Gasteiger partial charge is 0.399 e. The van der Waals surface area contributed by atoms with E-state index in [1.165, 1.54) is 44.0 Å². The lowest BCUT2D eigenvalue weighted by molar-refractivity contribution is -0.401. The number of hydrogen-bond donors (Lipinski definition) is 1. The van der Waals surface area contributed by atoms with E-state index in [-0.39, 0.29) is 5.41 Å². The van der Waals surface area contributed by atoms with Crippen LogP contribution in [0.2, 0.25) is 0 Å². The molecule has 0 aliphatic carbocycles. The number of aryl methyl sites for hydroxylation is 2. The molecule has 0 saturated heterocycles. The first kappa shape index (κ1) is 20.7. The van der Waals surface area contributed by atoms with Crippen LogP contribution in [0, 0.1) is 6.92 Å². The smallest absolute Gasteiger partial charge is 0.210 e. The molecule has 0 radical (unpaired) electrons. The van der Waals surface area contributed by atoms with E-state index in [1.54, 1.807) is 0 Å². The maximum absolute atomic E-state index is 6.12. The van der Waals surface area contributed by atoms with Crippen LogP contribution in [0.3, 0.4) is 0 Å². The topological polar surface area (TPSA) is 46.9 Å². The fourth-order valence-electron chi connectivity index (χ4n) is 5.94. The molecule has 0 spiro atoms. The number of nitrogens with zero attached hydrogens (tertiary/aromatic N) is 3. The Hall–Kier alpha value is -3.92. The van der Waals surface area contributed by atoms with Crippen LogP contribution in [0.15, 0.2) is 66.7 Å². The van der Waals surface area contributed by atoms with Gasteiger partial charge < -0.3 is 10.3 Å². The zero-order valence-corrected chi connectivity index (χ0v) is 20.3. The van der Waals surface area contributed by atoms with Crippen LogP contribution in [0.1, 0.15) is 30.8 Å². The van der Waals surface area contributed by atoms with Crippen LogP contribution in [0.4, 0.5) is 11.4 Å². The Morgan fingerprint density at radius 1 is 0.941 bits per heavy atom. The van der Waals surface area contributed by atoms with Crippen molar-refractivity contribution in [3.63, 3.8) is 0 Å². The molecule has 2 N–H and O–H groups in total. The van der Waals surface area contributed by atoms with E-state index in [0.717, 1.165) is 22.6 Å². The highest BCUT2D eigenvalue weighted by molar-refractivity contribution is 6.11. The first-order valence-corrected chi connectivity index (χ1v) is 11.7. The molecule has 3 aromatic carbocycles. The lowest BCUT2D eigenvalue weighted by Crippen LogP contribution is -2.26. The predicted octanol–water partition coefficient (Wildman–Crippen LogP) is 6.49. The van der Waals surface area contributed by atoms with Crippen molar-refractivity contribution in [2.75, 3.05) is 12.8 Å². The van der Waals surface area contributed by atoms with E-state index in [9.17, 15) is 0 Å². The number of fused-ring (bicyclic) bond motifs is 6. The summed E-state index contributed by atoms with van der Waals surface area (Å²) in [6, 6.07) is 21.4. The normalized spacial score (nSPS) is 15.3. The van der Waals surface area contributed by atoms with Crippen molar-refractivity contribution < 1.29 is 4.58 Å². The molecule has 4 heteroatoms. The highest BCUT2D eigenvalue weighted by Crippen LogP contribution is 2.43. The predicted molar refractivity (Wildman–Crippen MR) is 144 cm³/mol. The number of rotatable bonds is 2. The van der Waals surface area contributed by atoms with Crippen molar-refractivity contribution in [1.82, 2.24) is 9.55 Å². The van der Waals surface area contributed by atoms with Gasteiger partial charge in [-0.3, -0.25) is 4.98 Å². The molecule has 0 saturated carbocycles. The molecule has 3 heterocycles. The highest BCUT2D eigenvalue weighted by Gasteiger charge is 2.44. The number of nitrogen functional groups attached to an aromatic ring is 1. The van der Waals surface area contributed by atoms with Crippen molar-refractivity contribution in [2.45, 2.75) is 26.2 Å². The second-order valence-electron chi connectivity index (χ2n) is 9.95. The summed E-state index contributed by atoms with van der Waals surface area (Å²) in [7, 11) is 4.26. The van der Waals surface area contributed by atoms with Gasteiger partial charge in [-0.2, -0.15) is 4.58 Å². The summed E-state index contributed by atoms with van der Waals surface area (Å²) < 4.78 is 4.53. The van der Waals surface area contributed by atoms with Gasteiger partial charge in [0, 0.05) is 46.7 Å². The maximum atomic E-state index is 6.12. The van der Waals surface area contributed by atoms with E-state index in [0.29, 0.717) is 0 Å². The quantitative estimate of drug-likeness (QED) is 0.249. The van der Waals surface area contributed by atoms with E-state index in [2.05, 4.69) is 111 Å². The van der Waals surface area contributed by atoms with Gasteiger partial charge in [0.15, 0.2) is 5.71 Å². The van der Waals surface area contributed by atoms with Crippen molar-refractivity contribution in [1.29, 1.82) is 0 Å². The molecule has 2 aromatic heterocycles. The van der Waals surface area contributed by atoms with Gasteiger partial charge in [0.2, 0.25) is 5.69 Å². The third-order valence-corrected chi connectivity index (χ3v) is 7.50. The zero-order valence-electron chi connectivity index (χ0n) is 20.3. The summed E-state index contributed by atoms with van der Waals surface area (Å²) in [4.78, 5) is 4.94. The molecule has 1 aliphatic rings. The Balaban J connectivity index is 1.49. The number of benzene rings is 3. The van der Waals surface area contributed by atoms with Crippen molar-refractivity contribution in [2.24, 2.45) is 7.05 Å². The van der Waals surface area contributed by atoms with Gasteiger partial charge in [0.05, 0.1) is 22.3 Å². The monoisotopic (exact) mass is 445 g/mol. The Morgan fingerprint density at radius 3 is 2.56 bits per heavy atom. The third-order valence-electron chi connectivity index (χ3n) is 7.50. The Kier molecular flexibility index (Phi) is 4.28. The number of anilines is 1. The first-order valence-electron chi connectivity index (χ1n) is 11.7. The molecule has 168 valence electrons. The van der Waals surface area contributed by atoms with E-state index in [4.69, 9.17) is 10.7 Å². The fourth-order valence-corrected chi connectivity index (χ4v) is 5.94. The van der Waals surface area contributed by atoms with E-state index < -0.39 is 0 Å². The van der Waals surface area contributed by atoms with Crippen LogP contribution in [-0.2, 0) is 12.5 Å². The summed E-state index contributed by atoms with van der Waals surface area (Å²) in [6.45, 7) is 6.72. The second-order valence-corrected chi connectivity index (χ2v) is 9.95. The van der Waals surface area contributed by atoms with Gasteiger partial charge in [-0.05, 0) is 68.0 Å². The third kappa shape index (κ3) is 2.78. The van der Waals surface area contributed by atoms with E-state index in [1.807, 2.05) is 6.07 Å². The van der Waals surface area contributed by atoms with Crippen molar-refractivity contribution >= 4 is 55.7 Å². The van der Waals surface area contributed by atoms with Crippen LogP contribution in [-0.4, -0.2) is 26.9 Å². The SMILES string of the molecule is Cc1nc(C=CC2=[N+](C)c3ccc4ccccc4c3C2(C)C)cc2c3cc(N)ccc3n(C)c12. The van der Waals surface area contributed by atoms with Crippen LogP contribution < -0.4 is 5.73 Å². The molecule has 5 aromatic rings. The van der Waals surface area contributed by atoms with Crippen molar-refractivity contribution in [3.05, 3.63) is 83.7 Å². The average Bonchev–Trinajstić information content (AvgIpc) is 3.20. The van der Waals surface area contributed by atoms with Gasteiger partial charge in [0.25, 0.3) is 0 Å². The summed E-state index contributed by atoms with van der Waals surface area (Å²) >= 11 is 0. The van der Waals surface area contributed by atoms with E-state index >= 15 is 0 Å². The second kappa shape index (κ2) is 7.04. The van der Waals surface area contributed by atoms with Crippen molar-refractivity contribution in [3.8, 4) is 0 Å².